The Morgan fingerprint density at radius 3 is 2.76 bits per heavy atom. The Balaban J connectivity index is 1.94. The second-order valence-electron chi connectivity index (χ2n) is 7.29. The van der Waals surface area contributed by atoms with Gasteiger partial charge in [0.15, 0.2) is 10.9 Å². The molecule has 4 rings (SSSR count). The molecule has 0 unspecified atom stereocenters. The fourth-order valence-electron chi connectivity index (χ4n) is 3.35. The van der Waals surface area contributed by atoms with Crippen LogP contribution in [0.25, 0.3) is 33.6 Å². The number of hydrazine groups is 1. The third-order valence-corrected chi connectivity index (χ3v) is 6.24. The molecule has 172 valence electrons. The number of aliphatic hydroxyl groups excluding tert-OH is 1. The molecule has 0 aliphatic carbocycles. The van der Waals surface area contributed by atoms with E-state index >= 15 is 0 Å². The number of halogens is 1. The van der Waals surface area contributed by atoms with Gasteiger partial charge in [0, 0.05) is 35.8 Å². The van der Waals surface area contributed by atoms with E-state index in [9.17, 15) is 0 Å². The summed E-state index contributed by atoms with van der Waals surface area (Å²) < 4.78 is 11.8. The van der Waals surface area contributed by atoms with E-state index in [0.717, 1.165) is 44.4 Å². The van der Waals surface area contributed by atoms with Crippen LogP contribution < -0.4 is 10.2 Å². The average Bonchev–Trinajstić information content (AvgIpc) is 3.40. The van der Waals surface area contributed by atoms with E-state index in [-0.39, 0.29) is 6.61 Å². The Labute approximate surface area is 201 Å². The van der Waals surface area contributed by atoms with Gasteiger partial charge in [-0.3, -0.25) is 10.4 Å². The van der Waals surface area contributed by atoms with Crippen LogP contribution >= 0.6 is 22.9 Å². The van der Waals surface area contributed by atoms with Crippen molar-refractivity contribution in [2.75, 3.05) is 39.3 Å². The number of hydrogen-bond donors (Lipinski definition) is 2. The number of aliphatic imine (C=N–C) groups is 1. The van der Waals surface area contributed by atoms with Gasteiger partial charge in [0.05, 0.1) is 25.1 Å². The largest absolute Gasteiger partial charge is 0.497 e. The molecule has 0 fully saturated rings. The van der Waals surface area contributed by atoms with Gasteiger partial charge in [-0.05, 0) is 35.9 Å². The summed E-state index contributed by atoms with van der Waals surface area (Å²) in [5.41, 5.74) is 6.53. The van der Waals surface area contributed by atoms with Crippen LogP contribution in [0.3, 0.4) is 0 Å². The van der Waals surface area contributed by atoms with Crippen LogP contribution in [0, 0.1) is 0 Å². The molecule has 0 aliphatic rings. The van der Waals surface area contributed by atoms with Crippen LogP contribution in [0.2, 0.25) is 5.02 Å². The number of anilines is 1. The summed E-state index contributed by atoms with van der Waals surface area (Å²) in [6.07, 6.45) is 1.74. The highest BCUT2D eigenvalue weighted by Crippen LogP contribution is 2.44. The molecule has 2 heterocycles. The number of hydrogen-bond acceptors (Lipinski definition) is 8. The van der Waals surface area contributed by atoms with Crippen molar-refractivity contribution in [3.8, 4) is 28.3 Å². The van der Waals surface area contributed by atoms with Crippen molar-refractivity contribution >= 4 is 45.3 Å². The highest BCUT2D eigenvalue weighted by molar-refractivity contribution is 7.17. The number of furan rings is 1. The van der Waals surface area contributed by atoms with Gasteiger partial charge >= 0.3 is 0 Å². The van der Waals surface area contributed by atoms with Gasteiger partial charge in [-0.25, -0.2) is 9.99 Å². The van der Waals surface area contributed by atoms with Crippen LogP contribution in [-0.4, -0.2) is 55.2 Å². The Morgan fingerprint density at radius 1 is 1.27 bits per heavy atom. The molecule has 2 aromatic carbocycles. The van der Waals surface area contributed by atoms with E-state index in [2.05, 4.69) is 17.3 Å². The molecule has 2 aromatic heterocycles. The molecule has 0 amide bonds. The highest BCUT2D eigenvalue weighted by atomic mass is 35.5. The zero-order valence-electron chi connectivity index (χ0n) is 18.6. The fraction of sp³-hybridized carbons (Fsp3) is 0.250. The lowest BCUT2D eigenvalue weighted by molar-refractivity contribution is 0.307. The molecule has 0 radical (unpaired) electrons. The standard InChI is InChI=1S/C24H25ClN4O3S/c1-4-29(2)28-24-27-22(20(33-24)14-26-11-12-30)23-21(15-5-7-16(25)8-6-15)18-13-17(31-3)9-10-19(18)32-23/h5-10,13-14,30H,4,11-12H2,1-3H3,(H,27,28). The average molecular weight is 485 g/mol. The number of rotatable bonds is 9. The minimum Gasteiger partial charge on any atom is -0.497 e. The molecular weight excluding hydrogens is 460 g/mol. The van der Waals surface area contributed by atoms with E-state index in [1.54, 1.807) is 13.3 Å². The third-order valence-electron chi connectivity index (χ3n) is 5.09. The second-order valence-corrected chi connectivity index (χ2v) is 8.76. The predicted molar refractivity (Wildman–Crippen MR) is 136 cm³/mol. The Kier molecular flexibility index (Phi) is 7.29. The van der Waals surface area contributed by atoms with E-state index in [1.165, 1.54) is 11.3 Å². The van der Waals surface area contributed by atoms with Crippen molar-refractivity contribution in [2.45, 2.75) is 6.92 Å². The van der Waals surface area contributed by atoms with Crippen LogP contribution in [0.4, 0.5) is 5.13 Å². The molecule has 7 nitrogen and oxygen atoms in total. The highest BCUT2D eigenvalue weighted by Gasteiger charge is 2.24. The molecule has 33 heavy (non-hydrogen) atoms. The van der Waals surface area contributed by atoms with Gasteiger partial charge in [-0.15, -0.1) is 0 Å². The summed E-state index contributed by atoms with van der Waals surface area (Å²) in [6, 6.07) is 13.4. The number of methoxy groups -OCH3 is 1. The fourth-order valence-corrected chi connectivity index (χ4v) is 4.39. The van der Waals surface area contributed by atoms with E-state index in [4.69, 9.17) is 30.8 Å². The maximum Gasteiger partial charge on any atom is 0.198 e. The van der Waals surface area contributed by atoms with Gasteiger partial charge in [0.2, 0.25) is 0 Å². The first-order valence-corrected chi connectivity index (χ1v) is 11.7. The molecule has 4 aromatic rings. The predicted octanol–water partition coefficient (Wildman–Crippen LogP) is 5.58. The normalized spacial score (nSPS) is 11.7. The van der Waals surface area contributed by atoms with E-state index < -0.39 is 0 Å². The minimum absolute atomic E-state index is 0.0191. The smallest absolute Gasteiger partial charge is 0.198 e. The van der Waals surface area contributed by atoms with Gasteiger partial charge in [0.1, 0.15) is 17.0 Å². The Hall–Kier alpha value is -2.91. The maximum atomic E-state index is 9.16. The summed E-state index contributed by atoms with van der Waals surface area (Å²) in [5, 5.41) is 13.4. The summed E-state index contributed by atoms with van der Waals surface area (Å²) >= 11 is 7.62. The summed E-state index contributed by atoms with van der Waals surface area (Å²) in [4.78, 5) is 10.0. The third kappa shape index (κ3) is 5.04. The molecule has 2 N–H and O–H groups in total. The van der Waals surface area contributed by atoms with Gasteiger partial charge in [-0.1, -0.05) is 42.0 Å². The van der Waals surface area contributed by atoms with E-state index in [1.807, 2.05) is 54.5 Å². The number of fused-ring (bicyclic) bond motifs is 1. The molecule has 0 saturated heterocycles. The lowest BCUT2D eigenvalue weighted by Crippen LogP contribution is -2.24. The van der Waals surface area contributed by atoms with Crippen molar-refractivity contribution in [3.05, 3.63) is 52.4 Å². The van der Waals surface area contributed by atoms with Gasteiger partial charge < -0.3 is 14.3 Å². The minimum atomic E-state index is -0.0191. The quantitative estimate of drug-likeness (QED) is 0.238. The molecule has 0 saturated carbocycles. The Morgan fingerprint density at radius 2 is 2.06 bits per heavy atom. The van der Waals surface area contributed by atoms with Crippen LogP contribution in [0.1, 0.15) is 11.8 Å². The maximum absolute atomic E-state index is 9.16. The van der Waals surface area contributed by atoms with Crippen LogP contribution in [0.5, 0.6) is 5.75 Å². The number of ether oxygens (including phenoxy) is 1. The topological polar surface area (TPSA) is 83.1 Å². The number of nitrogens with zero attached hydrogens (tertiary/aromatic N) is 3. The van der Waals surface area contributed by atoms with Crippen molar-refractivity contribution in [2.24, 2.45) is 4.99 Å². The van der Waals surface area contributed by atoms with E-state index in [0.29, 0.717) is 23.0 Å². The number of benzene rings is 2. The Bertz CT molecular complexity index is 1270. The molecule has 0 spiro atoms. The zero-order chi connectivity index (χ0) is 23.4. The number of aromatic nitrogens is 1. The molecular formula is C24H25ClN4O3S. The number of aliphatic hydroxyl groups is 1. The first-order chi connectivity index (χ1) is 16.0. The SMILES string of the molecule is CCN(C)Nc1nc(-c2oc3ccc(OC)cc3c2-c2ccc(Cl)cc2)c(C=NCCO)s1. The number of thiazole rings is 1. The van der Waals surface area contributed by atoms with Crippen molar-refractivity contribution in [3.63, 3.8) is 0 Å². The summed E-state index contributed by atoms with van der Waals surface area (Å²) in [5.74, 6) is 1.37. The van der Waals surface area contributed by atoms with Gasteiger partial charge in [0.25, 0.3) is 0 Å². The molecule has 9 heteroatoms. The second kappa shape index (κ2) is 10.4. The summed E-state index contributed by atoms with van der Waals surface area (Å²) in [6.45, 7) is 3.16. The van der Waals surface area contributed by atoms with Crippen LogP contribution in [0.15, 0.2) is 51.9 Å². The zero-order valence-corrected chi connectivity index (χ0v) is 20.2. The van der Waals surface area contributed by atoms with Crippen molar-refractivity contribution in [1.29, 1.82) is 0 Å². The first kappa shape index (κ1) is 23.3. The van der Waals surface area contributed by atoms with Crippen molar-refractivity contribution < 1.29 is 14.3 Å². The first-order valence-electron chi connectivity index (χ1n) is 10.5. The number of nitrogens with one attached hydrogen (secondary N) is 1. The molecule has 0 bridgehead atoms. The van der Waals surface area contributed by atoms with Crippen LogP contribution in [-0.2, 0) is 0 Å². The lowest BCUT2D eigenvalue weighted by Gasteiger charge is -2.13. The van der Waals surface area contributed by atoms with Crippen molar-refractivity contribution in [1.82, 2.24) is 9.99 Å². The molecule has 0 atom stereocenters. The molecule has 0 aliphatic heterocycles. The summed E-state index contributed by atoms with van der Waals surface area (Å²) in [7, 11) is 3.59. The lowest BCUT2D eigenvalue weighted by atomic mass is 10.0. The monoisotopic (exact) mass is 484 g/mol. The van der Waals surface area contributed by atoms with Gasteiger partial charge in [-0.2, -0.15) is 0 Å².